The molecule has 0 atom stereocenters. The summed E-state index contributed by atoms with van der Waals surface area (Å²) in [6, 6.07) is 0. The van der Waals surface area contributed by atoms with Crippen LogP contribution in [0.2, 0.25) is 0 Å². The minimum atomic E-state index is 0. The average molecular weight is 4340 g/mol. The van der Waals surface area contributed by atoms with Crippen molar-refractivity contribution < 1.29 is 976 Å². The second-order valence-corrected chi connectivity index (χ2v) is 0. The molecule has 0 unspecified atom stereocenters. The molecule has 0 rings (SSSR count). The smallest absolute Gasteiger partial charge is 1.00 e. The molecule has 0 aromatic rings. The van der Waals surface area contributed by atoms with Gasteiger partial charge in [0.05, 0.1) is 0 Å². The summed E-state index contributed by atoms with van der Waals surface area (Å²) in [6.45, 7) is 0. The third-order valence-corrected chi connectivity index (χ3v) is 0. The second kappa shape index (κ2) is 217. The predicted octanol–water partition coefficient (Wildman–Crippen LogP) is -28.9. The van der Waals surface area contributed by atoms with Crippen LogP contribution in [-0.4, -0.2) is 0 Å². The molecule has 0 nitrogen and oxygen atoms in total. The van der Waals surface area contributed by atoms with E-state index in [1.807, 2.05) is 0 Å². The molecule has 0 N–H and O–H groups in total. The fourth-order valence-electron chi connectivity index (χ4n) is 0. The first-order valence-corrected chi connectivity index (χ1v) is 0. The Hall–Kier alpha value is 31.2. The summed E-state index contributed by atoms with van der Waals surface area (Å²) >= 11 is 0. The molecule has 240 valence electrons. The van der Waals surface area contributed by atoms with Crippen molar-refractivity contribution in [2.24, 2.45) is 0 Å². The number of rotatable bonds is 0. The van der Waals surface area contributed by atoms with Gasteiger partial charge in [0.2, 0.25) is 0 Å². The fraction of sp³-hybridized carbons (Fsp3) is 0. The Balaban J connectivity index is 0. The van der Waals surface area contributed by atoms with Crippen LogP contribution in [0, 0.1) is 0 Å². The van der Waals surface area contributed by atoms with Crippen LogP contribution >= 0.6 is 0 Å². The van der Waals surface area contributed by atoms with Gasteiger partial charge < -0.3 is 14.3 Å². The molecule has 0 spiro atoms. The van der Waals surface area contributed by atoms with Gasteiger partial charge in [0.25, 0.3) is 0 Å². The predicted molar refractivity (Wildman–Crippen MR) is 11.1 cm³/mol. The monoisotopic (exact) mass is 4340 g/mol. The summed E-state index contributed by atoms with van der Waals surface area (Å²) in [5.41, 5.74) is 0. The standard InChI is InChI=1S/20Au.10K.10H/q;;;;;;;;;;;;;;;;;;;;10*+1;10*-1. The van der Waals surface area contributed by atoms with Crippen LogP contribution in [0.4, 0.5) is 0 Å². The maximum Gasteiger partial charge on any atom is 1.00 e. The molecule has 30 heavy (non-hydrogen) atoms. The molecule has 0 saturated carbocycles. The van der Waals surface area contributed by atoms with E-state index < -0.39 is 0 Å². The summed E-state index contributed by atoms with van der Waals surface area (Å²) in [5.74, 6) is 0. The second-order valence-electron chi connectivity index (χ2n) is 0. The van der Waals surface area contributed by atoms with Crippen molar-refractivity contribution in [2.75, 3.05) is 0 Å². The molecule has 0 aromatic carbocycles. The van der Waals surface area contributed by atoms with Gasteiger partial charge in [0.15, 0.2) is 0 Å². The van der Waals surface area contributed by atoms with E-state index in [9.17, 15) is 0 Å². The van der Waals surface area contributed by atoms with Gasteiger partial charge in [0.1, 0.15) is 0 Å². The van der Waals surface area contributed by atoms with Crippen molar-refractivity contribution in [2.45, 2.75) is 0 Å². The van der Waals surface area contributed by atoms with Gasteiger partial charge in [-0.15, -0.1) is 0 Å². The van der Waals surface area contributed by atoms with Crippen LogP contribution in [0.25, 0.3) is 0 Å². The van der Waals surface area contributed by atoms with Crippen molar-refractivity contribution in [3.63, 3.8) is 0 Å². The molecule has 20 radical (unpaired) electrons. The Morgan fingerprint density at radius 2 is 0.100 bits per heavy atom. The largest absolute Gasteiger partial charge is 1.00 e. The Labute approximate surface area is 938 Å². The first-order valence-electron chi connectivity index (χ1n) is 0. The number of hydrogen-bond acceptors (Lipinski definition) is 0. The first kappa shape index (κ1) is 228. The van der Waals surface area contributed by atoms with Gasteiger partial charge in [-0.2, -0.15) is 0 Å². The summed E-state index contributed by atoms with van der Waals surface area (Å²) in [4.78, 5) is 0. The molecule has 0 aliphatic carbocycles. The van der Waals surface area contributed by atoms with E-state index in [4.69, 9.17) is 0 Å². The molecular weight excluding hydrogens is 4330 g/mol. The Kier molecular flexibility index (Phi) is 1650. The topological polar surface area (TPSA) is 0 Å². The van der Waals surface area contributed by atoms with E-state index in [2.05, 4.69) is 0 Å². The van der Waals surface area contributed by atoms with E-state index in [1.54, 1.807) is 0 Å². The Morgan fingerprint density at radius 3 is 0.100 bits per heavy atom. The minimum absolute atomic E-state index is 0. The molecule has 0 aliphatic rings. The zero-order valence-corrected chi connectivity index (χ0v) is 90.6. The van der Waals surface area contributed by atoms with E-state index in [0.717, 1.165) is 0 Å². The third-order valence-electron chi connectivity index (χ3n) is 0. The first-order chi connectivity index (χ1) is 0. The van der Waals surface area contributed by atoms with Crippen molar-refractivity contribution in [1.82, 2.24) is 0 Å². The van der Waals surface area contributed by atoms with Crippen LogP contribution in [0.1, 0.15) is 14.3 Å². The summed E-state index contributed by atoms with van der Waals surface area (Å²) < 4.78 is 0. The third kappa shape index (κ3) is 206. The van der Waals surface area contributed by atoms with Crippen LogP contribution in [0.3, 0.4) is 0 Å². The van der Waals surface area contributed by atoms with Crippen LogP contribution in [0.15, 0.2) is 0 Å². The quantitative estimate of drug-likeness (QED) is 0.212. The van der Waals surface area contributed by atoms with E-state index >= 15 is 0 Å². The van der Waals surface area contributed by atoms with Crippen molar-refractivity contribution in [3.8, 4) is 0 Å². The molecule has 0 fully saturated rings. The summed E-state index contributed by atoms with van der Waals surface area (Å²) in [6.07, 6.45) is 0. The van der Waals surface area contributed by atoms with E-state index in [-0.39, 0.29) is 976 Å². The number of hydrogen-bond donors (Lipinski definition) is 0. The normalized spacial score (nSPS) is 0. The van der Waals surface area contributed by atoms with Gasteiger partial charge in [0, 0.05) is 448 Å². The van der Waals surface area contributed by atoms with Crippen LogP contribution < -0.4 is 514 Å². The molecular formula is H10Au20K10. The summed E-state index contributed by atoms with van der Waals surface area (Å²) in [5, 5.41) is 0. The minimum Gasteiger partial charge on any atom is -1.00 e. The molecule has 0 aromatic heterocycles. The van der Waals surface area contributed by atoms with Gasteiger partial charge in [-0.3, -0.25) is 0 Å². The Morgan fingerprint density at radius 1 is 0.100 bits per heavy atom. The summed E-state index contributed by atoms with van der Waals surface area (Å²) in [7, 11) is 0. The maximum atomic E-state index is 0. The van der Waals surface area contributed by atoms with Crippen molar-refractivity contribution in [3.05, 3.63) is 0 Å². The van der Waals surface area contributed by atoms with Crippen LogP contribution in [-0.2, 0) is 448 Å². The molecule has 0 aliphatic heterocycles. The van der Waals surface area contributed by atoms with Gasteiger partial charge >= 0.3 is 514 Å². The molecule has 0 saturated heterocycles. The SMILES string of the molecule is [Au].[Au].[Au].[Au].[Au].[Au].[Au].[Au].[Au].[Au].[Au].[Au].[Au].[Au].[Au].[Au].[Au].[Au].[Au].[Au].[H-].[H-].[H-].[H-].[H-].[H-].[H-].[H-].[H-].[H-].[K+].[K+].[K+].[K+].[K+].[K+].[K+].[K+].[K+].[K+]. The maximum absolute atomic E-state index is 0. The van der Waals surface area contributed by atoms with E-state index in [0.29, 0.717) is 0 Å². The molecule has 0 amide bonds. The zero-order valence-electron chi connectivity index (χ0n) is 26.0. The van der Waals surface area contributed by atoms with Crippen molar-refractivity contribution in [1.29, 1.82) is 0 Å². The van der Waals surface area contributed by atoms with Gasteiger partial charge in [-0.1, -0.05) is 0 Å². The van der Waals surface area contributed by atoms with Gasteiger partial charge in [-0.25, -0.2) is 0 Å². The molecule has 0 heterocycles. The average Bonchev–Trinajstić information content (AvgIpc) is 0. The van der Waals surface area contributed by atoms with Crippen molar-refractivity contribution >= 4 is 0 Å². The van der Waals surface area contributed by atoms with Gasteiger partial charge in [-0.05, 0) is 0 Å². The van der Waals surface area contributed by atoms with E-state index in [1.165, 1.54) is 0 Å². The Bertz CT molecular complexity index is 60.0. The molecule has 30 heteroatoms. The molecule has 0 bridgehead atoms. The van der Waals surface area contributed by atoms with Crippen LogP contribution in [0.5, 0.6) is 0 Å². The zero-order chi connectivity index (χ0) is 0. The fourth-order valence-corrected chi connectivity index (χ4v) is 0.